The summed E-state index contributed by atoms with van der Waals surface area (Å²) in [5.74, 6) is -1.62. The number of carbonyl (C=O) groups is 3. The van der Waals surface area contributed by atoms with Gasteiger partial charge >= 0.3 is 12.0 Å². The van der Waals surface area contributed by atoms with Crippen LogP contribution in [0.3, 0.4) is 0 Å². The second-order valence-electron chi connectivity index (χ2n) is 4.02. The maximum Gasteiger partial charge on any atom is 0.328 e. The molecule has 6 heteroatoms. The zero-order valence-electron chi connectivity index (χ0n) is 11.0. The van der Waals surface area contributed by atoms with Crippen molar-refractivity contribution in [2.75, 3.05) is 13.1 Å². The number of nitrogens with zero attached hydrogens (tertiary/aromatic N) is 1. The van der Waals surface area contributed by atoms with Crippen LogP contribution in [0, 0.1) is 5.92 Å². The quantitative estimate of drug-likeness (QED) is 0.700. The summed E-state index contributed by atoms with van der Waals surface area (Å²) in [6.45, 7) is 6.92. The fourth-order valence-electron chi connectivity index (χ4n) is 1.23. The monoisotopic (exact) mass is 256 g/mol. The number of nitrogens with one attached hydrogen (secondary N) is 1. The summed E-state index contributed by atoms with van der Waals surface area (Å²) < 4.78 is 0. The third kappa shape index (κ3) is 6.67. The van der Waals surface area contributed by atoms with Crippen LogP contribution < -0.4 is 5.32 Å². The minimum Gasteiger partial charge on any atom is -0.478 e. The number of hydrogen-bond donors (Lipinski definition) is 2. The highest BCUT2D eigenvalue weighted by molar-refractivity contribution is 6.02. The van der Waals surface area contributed by atoms with E-state index < -0.39 is 17.9 Å². The fourth-order valence-corrected chi connectivity index (χ4v) is 1.23. The molecular weight excluding hydrogens is 236 g/mol. The molecule has 0 aromatic heterocycles. The van der Waals surface area contributed by atoms with Crippen molar-refractivity contribution < 1.29 is 19.5 Å². The minimum atomic E-state index is -1.23. The lowest BCUT2D eigenvalue weighted by Gasteiger charge is -2.23. The van der Waals surface area contributed by atoms with E-state index in [0.717, 1.165) is 12.5 Å². The molecule has 0 aromatic carbocycles. The third-order valence-electron chi connectivity index (χ3n) is 2.51. The molecule has 1 atom stereocenters. The first-order valence-electron chi connectivity index (χ1n) is 5.91. The lowest BCUT2D eigenvalue weighted by Crippen LogP contribution is -2.44. The Bertz CT molecular complexity index is 339. The van der Waals surface area contributed by atoms with E-state index >= 15 is 0 Å². The average molecular weight is 256 g/mol. The van der Waals surface area contributed by atoms with E-state index in [0.29, 0.717) is 25.1 Å². The van der Waals surface area contributed by atoms with E-state index in [1.807, 2.05) is 20.8 Å². The maximum atomic E-state index is 11.7. The Hall–Kier alpha value is -1.85. The summed E-state index contributed by atoms with van der Waals surface area (Å²) in [5, 5.41) is 10.5. The van der Waals surface area contributed by atoms with Crippen molar-refractivity contribution in [1.29, 1.82) is 0 Å². The number of carbonyl (C=O) groups excluding carboxylic acids is 2. The van der Waals surface area contributed by atoms with Gasteiger partial charge in [-0.1, -0.05) is 20.3 Å². The topological polar surface area (TPSA) is 86.7 Å². The summed E-state index contributed by atoms with van der Waals surface area (Å²) in [6, 6.07) is -0.502. The number of aliphatic carboxylic acids is 1. The minimum absolute atomic E-state index is 0.348. The van der Waals surface area contributed by atoms with E-state index in [9.17, 15) is 14.4 Å². The van der Waals surface area contributed by atoms with Gasteiger partial charge in [0.05, 0.1) is 0 Å². The molecule has 0 fully saturated rings. The van der Waals surface area contributed by atoms with Gasteiger partial charge in [-0.05, 0) is 12.8 Å². The van der Waals surface area contributed by atoms with Crippen molar-refractivity contribution in [3.63, 3.8) is 0 Å². The number of carboxylic acids is 1. The van der Waals surface area contributed by atoms with Gasteiger partial charge in [0, 0.05) is 25.2 Å². The van der Waals surface area contributed by atoms with Crippen LogP contribution in [0.1, 0.15) is 27.2 Å². The Labute approximate surface area is 107 Å². The van der Waals surface area contributed by atoms with Gasteiger partial charge in [-0.25, -0.2) is 9.59 Å². The summed E-state index contributed by atoms with van der Waals surface area (Å²) in [4.78, 5) is 34.6. The molecule has 0 bridgehead atoms. The van der Waals surface area contributed by atoms with Crippen molar-refractivity contribution >= 4 is 17.9 Å². The number of carboxylic acid groups (broad SMARTS) is 1. The molecule has 2 N–H and O–H groups in total. The fraction of sp³-hybridized carbons (Fsp3) is 0.583. The standard InChI is InChI=1S/C12H20N2O4/c1-4-9(3)8-14(5-2)12(18)13-10(15)6-7-11(16)17/h6-7,9H,4-5,8H2,1-3H3,(H,16,17)(H,13,15,18). The molecule has 18 heavy (non-hydrogen) atoms. The highest BCUT2D eigenvalue weighted by atomic mass is 16.4. The molecule has 0 spiro atoms. The lowest BCUT2D eigenvalue weighted by atomic mass is 10.1. The molecule has 0 saturated heterocycles. The maximum absolute atomic E-state index is 11.7. The molecule has 0 radical (unpaired) electrons. The summed E-state index contributed by atoms with van der Waals surface area (Å²) in [5.41, 5.74) is 0. The number of rotatable bonds is 6. The van der Waals surface area contributed by atoms with Gasteiger partial charge in [-0.15, -0.1) is 0 Å². The van der Waals surface area contributed by atoms with Crippen molar-refractivity contribution in [3.8, 4) is 0 Å². The molecule has 0 saturated carbocycles. The van der Waals surface area contributed by atoms with Crippen LogP contribution >= 0.6 is 0 Å². The molecular formula is C12H20N2O4. The number of hydrogen-bond acceptors (Lipinski definition) is 3. The van der Waals surface area contributed by atoms with Crippen LogP contribution in [0.15, 0.2) is 12.2 Å². The van der Waals surface area contributed by atoms with Crippen LogP contribution in [-0.4, -0.2) is 41.0 Å². The molecule has 102 valence electrons. The Morgan fingerprint density at radius 1 is 1.28 bits per heavy atom. The Kier molecular flexibility index (Phi) is 7.42. The second-order valence-corrected chi connectivity index (χ2v) is 4.02. The molecule has 3 amide bonds. The smallest absolute Gasteiger partial charge is 0.328 e. The lowest BCUT2D eigenvalue weighted by molar-refractivity contribution is -0.131. The van der Waals surface area contributed by atoms with Gasteiger partial charge in [0.2, 0.25) is 0 Å². The first-order valence-corrected chi connectivity index (χ1v) is 5.91. The normalized spacial score (nSPS) is 12.2. The van der Waals surface area contributed by atoms with Gasteiger partial charge < -0.3 is 10.0 Å². The highest BCUT2D eigenvalue weighted by Gasteiger charge is 2.15. The zero-order valence-corrected chi connectivity index (χ0v) is 11.0. The van der Waals surface area contributed by atoms with Gasteiger partial charge in [-0.2, -0.15) is 0 Å². The van der Waals surface area contributed by atoms with Gasteiger partial charge in [0.15, 0.2) is 0 Å². The van der Waals surface area contributed by atoms with E-state index in [4.69, 9.17) is 5.11 Å². The van der Waals surface area contributed by atoms with Gasteiger partial charge in [0.1, 0.15) is 0 Å². The van der Waals surface area contributed by atoms with Gasteiger partial charge in [0.25, 0.3) is 5.91 Å². The van der Waals surface area contributed by atoms with Crippen molar-refractivity contribution in [2.45, 2.75) is 27.2 Å². The number of amides is 3. The SMILES string of the molecule is CCC(C)CN(CC)C(=O)NC(=O)C=CC(=O)O. The van der Waals surface area contributed by atoms with Crippen LogP contribution in [0.25, 0.3) is 0 Å². The Morgan fingerprint density at radius 2 is 1.89 bits per heavy atom. The van der Waals surface area contributed by atoms with Crippen LogP contribution in [0.2, 0.25) is 0 Å². The first-order chi connectivity index (χ1) is 8.40. The summed E-state index contributed by atoms with van der Waals surface area (Å²) in [7, 11) is 0. The third-order valence-corrected chi connectivity index (χ3v) is 2.51. The van der Waals surface area contributed by atoms with Crippen molar-refractivity contribution in [2.24, 2.45) is 5.92 Å². The van der Waals surface area contributed by atoms with Crippen LogP contribution in [-0.2, 0) is 9.59 Å². The summed E-state index contributed by atoms with van der Waals surface area (Å²) in [6.07, 6.45) is 2.45. The molecule has 0 aromatic rings. The predicted octanol–water partition coefficient (Wildman–Crippen LogP) is 1.23. The van der Waals surface area contributed by atoms with E-state index in [1.54, 1.807) is 0 Å². The number of urea groups is 1. The molecule has 1 unspecified atom stereocenters. The zero-order chi connectivity index (χ0) is 14.1. The predicted molar refractivity (Wildman–Crippen MR) is 67.0 cm³/mol. The Balaban J connectivity index is 4.35. The van der Waals surface area contributed by atoms with E-state index in [1.165, 1.54) is 4.90 Å². The van der Waals surface area contributed by atoms with Crippen LogP contribution in [0.4, 0.5) is 4.79 Å². The van der Waals surface area contributed by atoms with E-state index in [2.05, 4.69) is 5.32 Å². The molecule has 0 rings (SSSR count). The van der Waals surface area contributed by atoms with Crippen molar-refractivity contribution in [3.05, 3.63) is 12.2 Å². The highest BCUT2D eigenvalue weighted by Crippen LogP contribution is 2.04. The molecule has 0 aliphatic carbocycles. The molecule has 0 aliphatic heterocycles. The van der Waals surface area contributed by atoms with Crippen LogP contribution in [0.5, 0.6) is 0 Å². The summed E-state index contributed by atoms with van der Waals surface area (Å²) >= 11 is 0. The first kappa shape index (κ1) is 16.1. The number of imide groups is 1. The van der Waals surface area contributed by atoms with Crippen molar-refractivity contribution in [1.82, 2.24) is 10.2 Å². The van der Waals surface area contributed by atoms with E-state index in [-0.39, 0.29) is 0 Å². The molecule has 6 nitrogen and oxygen atoms in total. The largest absolute Gasteiger partial charge is 0.478 e. The molecule has 0 heterocycles. The Morgan fingerprint density at radius 3 is 2.33 bits per heavy atom. The van der Waals surface area contributed by atoms with Gasteiger partial charge in [-0.3, -0.25) is 10.1 Å². The second kappa shape index (κ2) is 8.27. The average Bonchev–Trinajstić information content (AvgIpc) is 2.32. The molecule has 0 aliphatic rings.